The van der Waals surface area contributed by atoms with E-state index in [0.717, 1.165) is 16.9 Å². The van der Waals surface area contributed by atoms with Gasteiger partial charge in [0.05, 0.1) is 13.7 Å². The lowest BCUT2D eigenvalue weighted by Gasteiger charge is -2.19. The zero-order valence-corrected chi connectivity index (χ0v) is 16.6. The Bertz CT molecular complexity index is 752. The first-order valence-electron chi connectivity index (χ1n) is 8.38. The van der Waals surface area contributed by atoms with Crippen LogP contribution in [0.3, 0.4) is 0 Å². The number of rotatable bonds is 8. The molecule has 0 radical (unpaired) electrons. The molecule has 0 spiro atoms. The van der Waals surface area contributed by atoms with E-state index in [1.165, 1.54) is 0 Å². The summed E-state index contributed by atoms with van der Waals surface area (Å²) >= 11 is 12.1. The van der Waals surface area contributed by atoms with Gasteiger partial charge in [-0.1, -0.05) is 41.4 Å². The molecular weight excluding hydrogens is 373 g/mol. The fraction of sp³-hybridized carbons (Fsp3) is 0.350. The van der Waals surface area contributed by atoms with Gasteiger partial charge in [0, 0.05) is 16.1 Å². The highest BCUT2D eigenvalue weighted by Crippen LogP contribution is 2.22. The number of ether oxygens (including phenoxy) is 2. The highest BCUT2D eigenvalue weighted by atomic mass is 35.5. The van der Waals surface area contributed by atoms with Crippen LogP contribution in [0, 0.1) is 0 Å². The van der Waals surface area contributed by atoms with E-state index in [9.17, 15) is 4.79 Å². The van der Waals surface area contributed by atoms with E-state index >= 15 is 0 Å². The van der Waals surface area contributed by atoms with Crippen molar-refractivity contribution in [3.63, 3.8) is 0 Å². The minimum absolute atomic E-state index is 0.0796. The van der Waals surface area contributed by atoms with E-state index in [0.29, 0.717) is 23.1 Å². The summed E-state index contributed by atoms with van der Waals surface area (Å²) in [6.45, 7) is 4.00. The minimum atomic E-state index is -0.565. The van der Waals surface area contributed by atoms with Crippen LogP contribution in [-0.4, -0.2) is 25.2 Å². The lowest BCUT2D eigenvalue weighted by atomic mass is 10.1. The molecule has 0 heterocycles. The van der Waals surface area contributed by atoms with E-state index in [-0.39, 0.29) is 11.9 Å². The molecule has 0 saturated heterocycles. The summed E-state index contributed by atoms with van der Waals surface area (Å²) in [6.07, 6.45) is 0.0500. The van der Waals surface area contributed by atoms with Crippen LogP contribution in [0.25, 0.3) is 0 Å². The molecule has 2 rings (SSSR count). The van der Waals surface area contributed by atoms with Gasteiger partial charge in [-0.3, -0.25) is 4.79 Å². The van der Waals surface area contributed by atoms with E-state index in [4.69, 9.17) is 32.7 Å². The van der Waals surface area contributed by atoms with Gasteiger partial charge in [0.15, 0.2) is 0 Å². The van der Waals surface area contributed by atoms with Gasteiger partial charge < -0.3 is 14.8 Å². The first kappa shape index (κ1) is 20.6. The number of carbonyl (C=O) groups is 1. The van der Waals surface area contributed by atoms with E-state index in [2.05, 4.69) is 5.32 Å². The van der Waals surface area contributed by atoms with Crippen LogP contribution in [-0.2, 0) is 22.6 Å². The van der Waals surface area contributed by atoms with E-state index in [1.54, 1.807) is 26.2 Å². The predicted molar refractivity (Wildman–Crippen MR) is 105 cm³/mol. The number of benzene rings is 2. The molecule has 2 aromatic carbocycles. The predicted octanol–water partition coefficient (Wildman–Crippen LogP) is 4.65. The van der Waals surface area contributed by atoms with Crippen molar-refractivity contribution in [3.05, 3.63) is 63.6 Å². The minimum Gasteiger partial charge on any atom is -0.497 e. The topological polar surface area (TPSA) is 47.6 Å². The molecule has 6 heteroatoms. The van der Waals surface area contributed by atoms with Gasteiger partial charge in [-0.05, 0) is 55.7 Å². The largest absolute Gasteiger partial charge is 0.497 e. The zero-order chi connectivity index (χ0) is 19.1. The second-order valence-corrected chi connectivity index (χ2v) is 7.00. The maximum absolute atomic E-state index is 12.3. The normalized spacial score (nSPS) is 13.1. The van der Waals surface area contributed by atoms with Crippen molar-refractivity contribution in [1.29, 1.82) is 0 Å². The van der Waals surface area contributed by atoms with Crippen LogP contribution in [0.15, 0.2) is 42.5 Å². The van der Waals surface area contributed by atoms with Crippen LogP contribution >= 0.6 is 23.2 Å². The molecule has 0 saturated carbocycles. The summed E-state index contributed by atoms with van der Waals surface area (Å²) in [7, 11) is 1.62. The number of hydrogen-bond donors (Lipinski definition) is 1. The summed E-state index contributed by atoms with van der Waals surface area (Å²) in [5, 5.41) is 4.14. The number of nitrogens with one attached hydrogen (secondary N) is 1. The van der Waals surface area contributed by atoms with Crippen LogP contribution < -0.4 is 10.1 Å². The lowest BCUT2D eigenvalue weighted by molar-refractivity contribution is -0.133. The maximum Gasteiger partial charge on any atom is 0.249 e. The van der Waals surface area contributed by atoms with E-state index in [1.807, 2.05) is 37.3 Å². The molecule has 140 valence electrons. The molecule has 0 bridgehead atoms. The highest BCUT2D eigenvalue weighted by Gasteiger charge is 2.17. The van der Waals surface area contributed by atoms with Crippen molar-refractivity contribution < 1.29 is 14.3 Å². The van der Waals surface area contributed by atoms with Crippen LogP contribution in [0.1, 0.15) is 25.0 Å². The zero-order valence-electron chi connectivity index (χ0n) is 15.1. The molecule has 0 aliphatic carbocycles. The average molecular weight is 396 g/mol. The van der Waals surface area contributed by atoms with Crippen molar-refractivity contribution in [2.24, 2.45) is 0 Å². The Morgan fingerprint density at radius 1 is 1.15 bits per heavy atom. The maximum atomic E-state index is 12.3. The monoisotopic (exact) mass is 395 g/mol. The number of halogens is 2. The molecule has 0 aliphatic rings. The Labute approximate surface area is 164 Å². The molecule has 0 fully saturated rings. The van der Waals surface area contributed by atoms with Gasteiger partial charge >= 0.3 is 0 Å². The van der Waals surface area contributed by atoms with Crippen molar-refractivity contribution in [3.8, 4) is 5.75 Å². The van der Waals surface area contributed by atoms with Gasteiger partial charge in [-0.15, -0.1) is 0 Å². The standard InChI is InChI=1S/C20H23Cl2NO3/c1-13(9-16-7-8-17(21)11-19(16)22)23-20(24)14(2)26-12-15-5-4-6-18(10-15)25-3/h4-8,10-11,13-14H,9,12H2,1-3H3,(H,23,24). The molecule has 1 N–H and O–H groups in total. The Balaban J connectivity index is 1.83. The van der Waals surface area contributed by atoms with Crippen molar-refractivity contribution >= 4 is 29.1 Å². The molecule has 1 amide bonds. The second-order valence-electron chi connectivity index (χ2n) is 6.15. The van der Waals surface area contributed by atoms with E-state index < -0.39 is 6.10 Å². The molecule has 26 heavy (non-hydrogen) atoms. The average Bonchev–Trinajstić information content (AvgIpc) is 2.62. The molecule has 0 aliphatic heterocycles. The van der Waals surface area contributed by atoms with Crippen LogP contribution in [0.4, 0.5) is 0 Å². The summed E-state index contributed by atoms with van der Waals surface area (Å²) in [5.74, 6) is 0.599. The van der Waals surface area contributed by atoms with Gasteiger partial charge in [0.1, 0.15) is 11.9 Å². The number of hydrogen-bond acceptors (Lipinski definition) is 3. The number of carbonyl (C=O) groups excluding carboxylic acids is 1. The fourth-order valence-electron chi connectivity index (χ4n) is 2.49. The summed E-state index contributed by atoms with van der Waals surface area (Å²) in [6, 6.07) is 12.8. The summed E-state index contributed by atoms with van der Waals surface area (Å²) in [4.78, 5) is 12.3. The SMILES string of the molecule is COc1cccc(COC(C)C(=O)NC(C)Cc2ccc(Cl)cc2Cl)c1. The van der Waals surface area contributed by atoms with Crippen molar-refractivity contribution in [2.45, 2.75) is 39.0 Å². The fourth-order valence-corrected chi connectivity index (χ4v) is 2.97. The number of amides is 1. The Hall–Kier alpha value is -1.75. The van der Waals surface area contributed by atoms with Gasteiger partial charge in [-0.25, -0.2) is 0 Å². The molecule has 2 aromatic rings. The molecule has 0 aromatic heterocycles. The smallest absolute Gasteiger partial charge is 0.249 e. The van der Waals surface area contributed by atoms with Crippen molar-refractivity contribution in [2.75, 3.05) is 7.11 Å². The number of methoxy groups -OCH3 is 1. The Morgan fingerprint density at radius 3 is 2.62 bits per heavy atom. The Morgan fingerprint density at radius 2 is 1.92 bits per heavy atom. The quantitative estimate of drug-likeness (QED) is 0.707. The second kappa shape index (κ2) is 9.81. The third kappa shape index (κ3) is 6.20. The first-order valence-corrected chi connectivity index (χ1v) is 9.13. The van der Waals surface area contributed by atoms with Gasteiger partial charge in [0.25, 0.3) is 0 Å². The van der Waals surface area contributed by atoms with Crippen molar-refractivity contribution in [1.82, 2.24) is 5.32 Å². The molecule has 2 unspecified atom stereocenters. The van der Waals surface area contributed by atoms with Crippen LogP contribution in [0.5, 0.6) is 5.75 Å². The highest BCUT2D eigenvalue weighted by molar-refractivity contribution is 6.35. The lowest BCUT2D eigenvalue weighted by Crippen LogP contribution is -2.40. The third-order valence-electron chi connectivity index (χ3n) is 3.93. The molecule has 2 atom stereocenters. The van der Waals surface area contributed by atoms with Gasteiger partial charge in [-0.2, -0.15) is 0 Å². The first-order chi connectivity index (χ1) is 12.4. The summed E-state index contributed by atoms with van der Waals surface area (Å²) < 4.78 is 10.9. The molecular formula is C20H23Cl2NO3. The molecule has 4 nitrogen and oxygen atoms in total. The summed E-state index contributed by atoms with van der Waals surface area (Å²) in [5.41, 5.74) is 1.89. The Kier molecular flexibility index (Phi) is 7.76. The third-order valence-corrected chi connectivity index (χ3v) is 4.52. The van der Waals surface area contributed by atoms with Gasteiger partial charge in [0.2, 0.25) is 5.91 Å². The van der Waals surface area contributed by atoms with Crippen LogP contribution in [0.2, 0.25) is 10.0 Å².